The lowest BCUT2D eigenvalue weighted by molar-refractivity contribution is -0.201. The summed E-state index contributed by atoms with van der Waals surface area (Å²) in [6.45, 7) is -0.934. The number of rotatable bonds is 3. The molecule has 0 aliphatic heterocycles. The van der Waals surface area contributed by atoms with Gasteiger partial charge in [-0.2, -0.15) is 13.2 Å². The number of hydrogen-bond acceptors (Lipinski definition) is 3. The lowest BCUT2D eigenvalue weighted by atomic mass is 10.3. The maximum atomic E-state index is 11.9. The van der Waals surface area contributed by atoms with Crippen LogP contribution in [0.15, 0.2) is 18.2 Å². The van der Waals surface area contributed by atoms with Crippen molar-refractivity contribution in [1.29, 1.82) is 0 Å². The molecule has 4 nitrogen and oxygen atoms in total. The molecule has 94 valence electrons. The van der Waals surface area contributed by atoms with Crippen molar-refractivity contribution in [2.24, 2.45) is 0 Å². The third-order valence-corrected chi connectivity index (χ3v) is 1.99. The summed E-state index contributed by atoms with van der Waals surface area (Å²) in [5, 5.41) is 10.6. The number of carbonyl (C=O) groups excluding carboxylic acids is 1. The molecule has 0 spiro atoms. The first-order valence-corrected chi connectivity index (χ1v) is 4.84. The summed E-state index contributed by atoms with van der Waals surface area (Å²) >= 11 is 5.50. The first-order valence-electron chi connectivity index (χ1n) is 4.46. The molecular weight excluding hydrogens is 261 g/mol. The quantitative estimate of drug-likeness (QED) is 0.815. The Labute approximate surface area is 99.4 Å². The molecule has 1 heterocycles. The van der Waals surface area contributed by atoms with Crippen LogP contribution in [0, 0.1) is 0 Å². The molecule has 0 fully saturated rings. The fourth-order valence-corrected chi connectivity index (χ4v) is 1.09. The van der Waals surface area contributed by atoms with Gasteiger partial charge in [0, 0.05) is 0 Å². The Bertz CT molecular complexity index is 411. The molecule has 8 heteroatoms. The van der Waals surface area contributed by atoms with E-state index in [-0.39, 0.29) is 10.8 Å². The van der Waals surface area contributed by atoms with Gasteiger partial charge in [-0.1, -0.05) is 17.7 Å². The molecule has 1 rings (SSSR count). The Morgan fingerprint density at radius 3 is 2.71 bits per heavy atom. The van der Waals surface area contributed by atoms with Crippen molar-refractivity contribution in [2.45, 2.75) is 12.3 Å². The number of hydrogen-bond donors (Lipinski definition) is 2. The fraction of sp³-hybridized carbons (Fsp3) is 0.333. The standard InChI is InChI=1S/C9H8ClF3N2O2/c10-7-3-1-2-5(15-7)8(17)14-4-6(16)9(11,12)13/h1-3,6,16H,4H2,(H,14,17). The number of aromatic nitrogens is 1. The molecule has 1 atom stereocenters. The van der Waals surface area contributed by atoms with E-state index >= 15 is 0 Å². The molecule has 0 radical (unpaired) electrons. The first-order chi connectivity index (χ1) is 7.80. The van der Waals surface area contributed by atoms with Gasteiger partial charge in [0.15, 0.2) is 6.10 Å². The number of nitrogens with one attached hydrogen (secondary N) is 1. The van der Waals surface area contributed by atoms with Gasteiger partial charge >= 0.3 is 6.18 Å². The van der Waals surface area contributed by atoms with Crippen molar-refractivity contribution in [3.63, 3.8) is 0 Å². The molecule has 1 amide bonds. The smallest absolute Gasteiger partial charge is 0.382 e. The van der Waals surface area contributed by atoms with Gasteiger partial charge in [-0.25, -0.2) is 4.98 Å². The number of carbonyl (C=O) groups is 1. The number of aliphatic hydroxyl groups is 1. The van der Waals surface area contributed by atoms with E-state index in [2.05, 4.69) is 4.98 Å². The zero-order valence-electron chi connectivity index (χ0n) is 8.33. The minimum atomic E-state index is -4.77. The van der Waals surface area contributed by atoms with Gasteiger partial charge in [0.05, 0.1) is 6.54 Å². The van der Waals surface area contributed by atoms with Crippen LogP contribution in [-0.4, -0.2) is 34.8 Å². The maximum Gasteiger partial charge on any atom is 0.416 e. The number of alkyl halides is 3. The van der Waals surface area contributed by atoms with Gasteiger partial charge in [0.25, 0.3) is 5.91 Å². The molecule has 0 aliphatic carbocycles. The maximum absolute atomic E-state index is 11.9. The Morgan fingerprint density at radius 2 is 2.18 bits per heavy atom. The molecule has 0 saturated carbocycles. The van der Waals surface area contributed by atoms with Crippen LogP contribution in [0.2, 0.25) is 5.15 Å². The molecular formula is C9H8ClF3N2O2. The van der Waals surface area contributed by atoms with E-state index in [1.165, 1.54) is 18.2 Å². The predicted molar refractivity (Wildman–Crippen MR) is 53.6 cm³/mol. The molecule has 1 unspecified atom stereocenters. The largest absolute Gasteiger partial charge is 0.416 e. The zero-order valence-corrected chi connectivity index (χ0v) is 9.09. The average Bonchev–Trinajstić information content (AvgIpc) is 2.24. The molecule has 0 bridgehead atoms. The van der Waals surface area contributed by atoms with Crippen molar-refractivity contribution >= 4 is 17.5 Å². The van der Waals surface area contributed by atoms with Crippen molar-refractivity contribution in [1.82, 2.24) is 10.3 Å². The topological polar surface area (TPSA) is 62.2 Å². The van der Waals surface area contributed by atoms with Crippen LogP contribution in [0.3, 0.4) is 0 Å². The Hall–Kier alpha value is -1.34. The van der Waals surface area contributed by atoms with E-state index in [0.717, 1.165) is 0 Å². The Balaban J connectivity index is 2.57. The van der Waals surface area contributed by atoms with Crippen LogP contribution in [0.25, 0.3) is 0 Å². The van der Waals surface area contributed by atoms with Crippen LogP contribution in [-0.2, 0) is 0 Å². The highest BCUT2D eigenvalue weighted by Crippen LogP contribution is 2.19. The summed E-state index contributed by atoms with van der Waals surface area (Å²) in [4.78, 5) is 14.9. The summed E-state index contributed by atoms with van der Waals surface area (Å²) in [5.41, 5.74) is -0.119. The lowest BCUT2D eigenvalue weighted by Gasteiger charge is -2.14. The highest BCUT2D eigenvalue weighted by atomic mass is 35.5. The van der Waals surface area contributed by atoms with Crippen LogP contribution in [0.1, 0.15) is 10.5 Å². The van der Waals surface area contributed by atoms with E-state index in [1.807, 2.05) is 5.32 Å². The van der Waals surface area contributed by atoms with Gasteiger partial charge in [-0.05, 0) is 12.1 Å². The number of halogens is 4. The second kappa shape index (κ2) is 5.33. The third-order valence-electron chi connectivity index (χ3n) is 1.78. The minimum absolute atomic E-state index is 0.0500. The number of pyridine rings is 1. The van der Waals surface area contributed by atoms with Crippen LogP contribution < -0.4 is 5.32 Å². The molecule has 1 aromatic rings. The second-order valence-corrected chi connectivity index (χ2v) is 3.50. The average molecular weight is 269 g/mol. The normalized spacial score (nSPS) is 13.2. The summed E-state index contributed by atoms with van der Waals surface area (Å²) in [6.07, 6.45) is -7.37. The van der Waals surface area contributed by atoms with Crippen molar-refractivity contribution < 1.29 is 23.1 Å². The summed E-state index contributed by atoms with van der Waals surface area (Å²) in [5.74, 6) is -0.837. The molecule has 2 N–H and O–H groups in total. The van der Waals surface area contributed by atoms with Crippen molar-refractivity contribution in [2.75, 3.05) is 6.54 Å². The highest BCUT2D eigenvalue weighted by Gasteiger charge is 2.38. The van der Waals surface area contributed by atoms with Crippen LogP contribution in [0.4, 0.5) is 13.2 Å². The van der Waals surface area contributed by atoms with Gasteiger partial charge in [-0.3, -0.25) is 4.79 Å². The van der Waals surface area contributed by atoms with Gasteiger partial charge in [-0.15, -0.1) is 0 Å². The number of amides is 1. The monoisotopic (exact) mass is 268 g/mol. The van der Waals surface area contributed by atoms with Crippen LogP contribution >= 0.6 is 11.6 Å². The van der Waals surface area contributed by atoms with Gasteiger partial charge < -0.3 is 10.4 Å². The number of nitrogens with zero attached hydrogens (tertiary/aromatic N) is 1. The molecule has 17 heavy (non-hydrogen) atoms. The van der Waals surface area contributed by atoms with Gasteiger partial charge in [0.2, 0.25) is 0 Å². The first kappa shape index (κ1) is 13.7. The molecule has 0 saturated heterocycles. The fourth-order valence-electron chi connectivity index (χ4n) is 0.930. The molecule has 0 aromatic carbocycles. The predicted octanol–water partition coefficient (Wildman–Crippen LogP) is 1.39. The van der Waals surface area contributed by atoms with Crippen molar-refractivity contribution in [3.05, 3.63) is 29.0 Å². The highest BCUT2D eigenvalue weighted by molar-refractivity contribution is 6.29. The summed E-state index contributed by atoms with van der Waals surface area (Å²) < 4.78 is 35.8. The van der Waals surface area contributed by atoms with Crippen molar-refractivity contribution in [3.8, 4) is 0 Å². The zero-order chi connectivity index (χ0) is 13.1. The minimum Gasteiger partial charge on any atom is -0.382 e. The molecule has 0 aliphatic rings. The van der Waals surface area contributed by atoms with Gasteiger partial charge in [0.1, 0.15) is 10.8 Å². The summed E-state index contributed by atoms with van der Waals surface area (Å²) in [6, 6.07) is 4.15. The summed E-state index contributed by atoms with van der Waals surface area (Å²) in [7, 11) is 0. The van der Waals surface area contributed by atoms with E-state index in [4.69, 9.17) is 16.7 Å². The second-order valence-electron chi connectivity index (χ2n) is 3.11. The van der Waals surface area contributed by atoms with E-state index in [1.54, 1.807) is 0 Å². The van der Waals surface area contributed by atoms with Crippen LogP contribution in [0.5, 0.6) is 0 Å². The molecule has 1 aromatic heterocycles. The van der Waals surface area contributed by atoms with E-state index < -0.39 is 24.7 Å². The Morgan fingerprint density at radius 1 is 1.53 bits per heavy atom. The van der Waals surface area contributed by atoms with E-state index in [9.17, 15) is 18.0 Å². The van der Waals surface area contributed by atoms with E-state index in [0.29, 0.717) is 0 Å². The third kappa shape index (κ3) is 4.20. The number of aliphatic hydroxyl groups excluding tert-OH is 1. The lowest BCUT2D eigenvalue weighted by Crippen LogP contribution is -2.40. The Kier molecular flexibility index (Phi) is 4.30. The SMILES string of the molecule is O=C(NCC(O)C(F)(F)F)c1cccc(Cl)n1.